The van der Waals surface area contributed by atoms with Gasteiger partial charge < -0.3 is 14.9 Å². The molecule has 3 rings (SSSR count). The Labute approximate surface area is 179 Å². The number of aliphatic carboxylic acids is 1. The zero-order valence-electron chi connectivity index (χ0n) is 17.7. The second kappa shape index (κ2) is 10.1. The second-order valence-corrected chi connectivity index (χ2v) is 8.04. The van der Waals surface area contributed by atoms with Crippen molar-refractivity contribution in [1.82, 2.24) is 14.7 Å². The highest BCUT2D eigenvalue weighted by Crippen LogP contribution is 2.37. The summed E-state index contributed by atoms with van der Waals surface area (Å²) in [6, 6.07) is 9.49. The molecule has 7 nitrogen and oxygen atoms in total. The normalized spacial score (nSPS) is 21.4. The number of amides is 2. The van der Waals surface area contributed by atoms with Crippen LogP contribution in [0.15, 0.2) is 30.3 Å². The minimum atomic E-state index is -5.08. The fourth-order valence-electron chi connectivity index (χ4n) is 3.96. The molecule has 1 aromatic carbocycles. The van der Waals surface area contributed by atoms with E-state index in [1.165, 1.54) is 6.42 Å². The molecule has 2 aliphatic heterocycles. The van der Waals surface area contributed by atoms with Crippen LogP contribution < -0.4 is 0 Å². The molecule has 2 heterocycles. The van der Waals surface area contributed by atoms with Crippen LogP contribution in [0.2, 0.25) is 0 Å². The van der Waals surface area contributed by atoms with Crippen molar-refractivity contribution in [3.05, 3.63) is 35.9 Å². The molecule has 0 radical (unpaired) electrons. The molecule has 0 bridgehead atoms. The SMILES string of the molecule is CN(C)C(=O)CN1CCCCC12CCN(C(=O)c1ccccc1)C2.O=C(O)C(F)(F)F. The lowest BCUT2D eigenvalue weighted by Gasteiger charge is -2.44. The van der Waals surface area contributed by atoms with Crippen molar-refractivity contribution >= 4 is 17.8 Å². The van der Waals surface area contributed by atoms with Gasteiger partial charge in [0, 0.05) is 38.3 Å². The molecule has 0 aliphatic carbocycles. The van der Waals surface area contributed by atoms with Crippen molar-refractivity contribution < 1.29 is 32.7 Å². The highest BCUT2D eigenvalue weighted by molar-refractivity contribution is 5.94. The number of likely N-dealkylation sites (N-methyl/N-ethyl adjacent to an activating group) is 1. The van der Waals surface area contributed by atoms with E-state index < -0.39 is 12.1 Å². The molecule has 1 atom stereocenters. The van der Waals surface area contributed by atoms with Crippen LogP contribution in [0.4, 0.5) is 13.2 Å². The summed E-state index contributed by atoms with van der Waals surface area (Å²) in [5, 5.41) is 7.12. The summed E-state index contributed by atoms with van der Waals surface area (Å²) < 4.78 is 31.7. The van der Waals surface area contributed by atoms with Crippen LogP contribution in [0.3, 0.4) is 0 Å². The lowest BCUT2D eigenvalue weighted by Crippen LogP contribution is -2.56. The molecular weight excluding hydrogens is 415 g/mol. The standard InChI is InChI=1S/C19H27N3O2.C2HF3O2/c1-20(2)17(23)14-22-12-7-6-10-19(22)11-13-21(15-19)18(24)16-8-4-3-5-9-16;3-2(4,5)1(6)7/h3-5,8-9H,6-7,10-15H2,1-2H3;(H,6,7). The molecule has 2 amide bonds. The maximum absolute atomic E-state index is 12.7. The van der Waals surface area contributed by atoms with Crippen LogP contribution in [-0.2, 0) is 9.59 Å². The van der Waals surface area contributed by atoms with E-state index in [4.69, 9.17) is 9.90 Å². The predicted molar refractivity (Wildman–Crippen MR) is 108 cm³/mol. The predicted octanol–water partition coefficient (Wildman–Crippen LogP) is 2.48. The first-order chi connectivity index (χ1) is 14.5. The summed E-state index contributed by atoms with van der Waals surface area (Å²) in [7, 11) is 3.61. The van der Waals surface area contributed by atoms with Gasteiger partial charge in [-0.3, -0.25) is 14.5 Å². The van der Waals surface area contributed by atoms with Crippen molar-refractivity contribution in [2.75, 3.05) is 40.3 Å². The Bertz CT molecular complexity index is 786. The van der Waals surface area contributed by atoms with Gasteiger partial charge in [-0.2, -0.15) is 13.2 Å². The molecule has 31 heavy (non-hydrogen) atoms. The van der Waals surface area contributed by atoms with Crippen LogP contribution in [0.1, 0.15) is 36.0 Å². The summed E-state index contributed by atoms with van der Waals surface area (Å²) in [4.78, 5) is 39.8. The number of nitrogens with zero attached hydrogens (tertiary/aromatic N) is 3. The Morgan fingerprint density at radius 3 is 2.23 bits per heavy atom. The topological polar surface area (TPSA) is 81.2 Å². The summed E-state index contributed by atoms with van der Waals surface area (Å²) in [6.07, 6.45) is -0.728. The fraction of sp³-hybridized carbons (Fsp3) is 0.571. The molecule has 2 saturated heterocycles. The Morgan fingerprint density at radius 2 is 1.68 bits per heavy atom. The van der Waals surface area contributed by atoms with Crippen LogP contribution in [0.5, 0.6) is 0 Å². The first kappa shape index (κ1) is 24.6. The molecule has 2 aliphatic rings. The average molecular weight is 443 g/mol. The van der Waals surface area contributed by atoms with Crippen molar-refractivity contribution in [1.29, 1.82) is 0 Å². The van der Waals surface area contributed by atoms with Gasteiger partial charge in [0.05, 0.1) is 6.54 Å². The lowest BCUT2D eigenvalue weighted by atomic mass is 9.85. The van der Waals surface area contributed by atoms with E-state index in [9.17, 15) is 22.8 Å². The first-order valence-electron chi connectivity index (χ1n) is 10.1. The Balaban J connectivity index is 0.000000423. The van der Waals surface area contributed by atoms with Gasteiger partial charge in [-0.1, -0.05) is 24.6 Å². The van der Waals surface area contributed by atoms with E-state index >= 15 is 0 Å². The smallest absolute Gasteiger partial charge is 0.475 e. The summed E-state index contributed by atoms with van der Waals surface area (Å²) >= 11 is 0. The number of halogens is 3. The molecule has 10 heteroatoms. The second-order valence-electron chi connectivity index (χ2n) is 8.04. The Morgan fingerprint density at radius 1 is 1.06 bits per heavy atom. The number of piperidine rings is 1. The molecule has 1 unspecified atom stereocenters. The van der Waals surface area contributed by atoms with E-state index in [-0.39, 0.29) is 17.4 Å². The van der Waals surface area contributed by atoms with Gasteiger partial charge in [0.2, 0.25) is 5.91 Å². The highest BCUT2D eigenvalue weighted by Gasteiger charge is 2.46. The lowest BCUT2D eigenvalue weighted by molar-refractivity contribution is -0.192. The zero-order valence-corrected chi connectivity index (χ0v) is 17.7. The van der Waals surface area contributed by atoms with Crippen LogP contribution in [0, 0.1) is 0 Å². The molecule has 0 saturated carbocycles. The largest absolute Gasteiger partial charge is 0.490 e. The van der Waals surface area contributed by atoms with Gasteiger partial charge in [0.15, 0.2) is 0 Å². The third-order valence-electron chi connectivity index (χ3n) is 5.70. The number of benzene rings is 1. The average Bonchev–Trinajstić information content (AvgIpc) is 3.14. The number of hydrogen-bond acceptors (Lipinski definition) is 4. The van der Waals surface area contributed by atoms with Crippen molar-refractivity contribution in [3.8, 4) is 0 Å². The molecule has 1 aromatic rings. The fourth-order valence-corrected chi connectivity index (χ4v) is 3.96. The van der Waals surface area contributed by atoms with E-state index in [1.54, 1.807) is 19.0 Å². The maximum Gasteiger partial charge on any atom is 0.490 e. The third kappa shape index (κ3) is 6.43. The van der Waals surface area contributed by atoms with Gasteiger partial charge in [0.25, 0.3) is 5.91 Å². The summed E-state index contributed by atoms with van der Waals surface area (Å²) in [5.74, 6) is -2.51. The van der Waals surface area contributed by atoms with Gasteiger partial charge in [-0.25, -0.2) is 4.79 Å². The van der Waals surface area contributed by atoms with Gasteiger partial charge in [0.1, 0.15) is 0 Å². The van der Waals surface area contributed by atoms with Gasteiger partial charge >= 0.3 is 12.1 Å². The number of carboxylic acid groups (broad SMARTS) is 1. The molecule has 2 fully saturated rings. The number of alkyl halides is 3. The van der Waals surface area contributed by atoms with Crippen LogP contribution >= 0.6 is 0 Å². The molecule has 172 valence electrons. The minimum Gasteiger partial charge on any atom is -0.475 e. The molecular formula is C21H28F3N3O4. The number of likely N-dealkylation sites (tertiary alicyclic amines) is 2. The number of carbonyl (C=O) groups excluding carboxylic acids is 2. The van der Waals surface area contributed by atoms with Crippen molar-refractivity contribution in [2.45, 2.75) is 37.4 Å². The Hall–Kier alpha value is -2.62. The van der Waals surface area contributed by atoms with Crippen LogP contribution in [0.25, 0.3) is 0 Å². The van der Waals surface area contributed by atoms with Crippen LogP contribution in [-0.4, -0.2) is 89.6 Å². The van der Waals surface area contributed by atoms with Crippen molar-refractivity contribution in [3.63, 3.8) is 0 Å². The maximum atomic E-state index is 12.7. The Kier molecular flexibility index (Phi) is 8.05. The minimum absolute atomic E-state index is 0.0195. The number of rotatable bonds is 3. The van der Waals surface area contributed by atoms with Gasteiger partial charge in [-0.15, -0.1) is 0 Å². The van der Waals surface area contributed by atoms with E-state index in [0.717, 1.165) is 44.5 Å². The van der Waals surface area contributed by atoms with Gasteiger partial charge in [-0.05, 0) is 37.9 Å². The number of hydrogen-bond donors (Lipinski definition) is 1. The third-order valence-corrected chi connectivity index (χ3v) is 5.70. The quantitative estimate of drug-likeness (QED) is 0.776. The number of carbonyl (C=O) groups is 3. The van der Waals surface area contributed by atoms with E-state index in [2.05, 4.69) is 4.90 Å². The zero-order chi connectivity index (χ0) is 23.2. The molecule has 1 N–H and O–H groups in total. The van der Waals surface area contributed by atoms with Crippen molar-refractivity contribution in [2.24, 2.45) is 0 Å². The molecule has 0 aromatic heterocycles. The monoisotopic (exact) mass is 443 g/mol. The van der Waals surface area contributed by atoms with E-state index in [0.29, 0.717) is 6.54 Å². The number of carboxylic acids is 1. The summed E-state index contributed by atoms with van der Waals surface area (Å²) in [5.41, 5.74) is 0.732. The highest BCUT2D eigenvalue weighted by atomic mass is 19.4. The van der Waals surface area contributed by atoms with E-state index in [1.807, 2.05) is 35.2 Å². The molecule has 1 spiro atoms. The summed E-state index contributed by atoms with van der Waals surface area (Å²) in [6.45, 7) is 2.93. The first-order valence-corrected chi connectivity index (χ1v) is 10.1.